The summed E-state index contributed by atoms with van der Waals surface area (Å²) in [5.41, 5.74) is 14.6. The molecule has 0 saturated heterocycles. The highest BCUT2D eigenvalue weighted by atomic mass is 16.1. The number of benzene rings is 1. The van der Waals surface area contributed by atoms with E-state index >= 15 is 0 Å². The zero-order valence-corrected chi connectivity index (χ0v) is 5.74. The van der Waals surface area contributed by atoms with Gasteiger partial charge in [0.2, 0.25) is 0 Å². The number of rotatable bonds is 1. The number of nitrogen functional groups attached to an aromatic ring is 1. The highest BCUT2D eigenvalue weighted by Gasteiger charge is 2.04. The van der Waals surface area contributed by atoms with Crippen LogP contribution in [0.15, 0.2) is 24.3 Å². The summed E-state index contributed by atoms with van der Waals surface area (Å²) in [5.74, 6) is -0.537. The van der Waals surface area contributed by atoms with Crippen LogP contribution in [-0.4, -0.2) is 5.91 Å². The minimum atomic E-state index is -0.537. The molecule has 0 aromatic heterocycles. The summed E-state index contributed by atoms with van der Waals surface area (Å²) in [6, 6.07) is 6.23. The Morgan fingerprint density at radius 2 is 1.91 bits per heavy atom. The Morgan fingerprint density at radius 1 is 1.36 bits per heavy atom. The topological polar surface area (TPSA) is 79.4 Å². The number of nitrogens with one attached hydrogen (secondary N) is 1. The quantitative estimate of drug-likeness (QED) is 0.417. The molecule has 0 bridgehead atoms. The number of carbonyl (C=O) groups is 1. The van der Waals surface area contributed by atoms with Crippen LogP contribution in [0.2, 0.25) is 0 Å². The zero-order valence-electron chi connectivity index (χ0n) is 5.74. The molecule has 4 heteroatoms. The van der Waals surface area contributed by atoms with E-state index in [1.807, 2.05) is 0 Å². The Hall–Kier alpha value is -1.71. The molecule has 0 atom stereocenters. The van der Waals surface area contributed by atoms with Crippen molar-refractivity contribution in [3.63, 3.8) is 0 Å². The number of nitrogens with zero attached hydrogens (tertiary/aromatic N) is 1. The first kappa shape index (κ1) is 7.40. The molecule has 1 aromatic rings. The van der Waals surface area contributed by atoms with Crippen molar-refractivity contribution in [2.75, 3.05) is 5.73 Å². The molecule has 0 spiro atoms. The molecule has 0 aliphatic heterocycles. The summed E-state index contributed by atoms with van der Waals surface area (Å²) in [6.07, 6.45) is 0. The summed E-state index contributed by atoms with van der Waals surface area (Å²) in [5, 5.41) is 1.52. The maximum Gasteiger partial charge on any atom is 0.406 e. The van der Waals surface area contributed by atoms with E-state index in [1.54, 1.807) is 12.1 Å². The first-order chi connectivity index (χ1) is 5.24. The molecular weight excluding hydrogens is 142 g/mol. The van der Waals surface area contributed by atoms with Gasteiger partial charge in [-0.25, -0.2) is 4.79 Å². The molecule has 0 saturated carbocycles. The lowest BCUT2D eigenvalue weighted by Gasteiger charge is -1.92. The molecule has 0 aliphatic carbocycles. The maximum atomic E-state index is 10.7. The molecule has 1 aromatic carbocycles. The molecule has 0 unspecified atom stereocenters. The molecule has 3 N–H and O–H groups in total. The summed E-state index contributed by atoms with van der Waals surface area (Å²) < 4.78 is 0. The Kier molecular flexibility index (Phi) is 1.96. The van der Waals surface area contributed by atoms with E-state index in [9.17, 15) is 4.79 Å². The van der Waals surface area contributed by atoms with Crippen LogP contribution < -0.4 is 10.8 Å². The van der Waals surface area contributed by atoms with Gasteiger partial charge in [0.15, 0.2) is 0 Å². The van der Waals surface area contributed by atoms with E-state index in [1.165, 1.54) is 17.2 Å². The predicted octanol–water partition coefficient (Wildman–Crippen LogP) is -0.489. The molecular formula is C7H7N3O. The zero-order chi connectivity index (χ0) is 8.27. The van der Waals surface area contributed by atoms with E-state index in [2.05, 4.69) is 0 Å². The molecule has 0 radical (unpaired) electrons. The Morgan fingerprint density at radius 3 is 2.36 bits per heavy atom. The third-order valence-electron chi connectivity index (χ3n) is 1.27. The molecule has 1 rings (SSSR count). The molecule has 0 aliphatic rings. The van der Waals surface area contributed by atoms with Crippen molar-refractivity contribution in [1.29, 1.82) is 0 Å². The van der Waals surface area contributed by atoms with Crippen molar-refractivity contribution in [1.82, 2.24) is 0 Å². The number of hydrogen-bond donors (Lipinski definition) is 2. The lowest BCUT2D eigenvalue weighted by atomic mass is 10.2. The number of anilines is 1. The van der Waals surface area contributed by atoms with E-state index < -0.39 is 5.91 Å². The lowest BCUT2D eigenvalue weighted by molar-refractivity contribution is -0.369. The van der Waals surface area contributed by atoms with E-state index in [4.69, 9.17) is 11.3 Å². The van der Waals surface area contributed by atoms with Crippen LogP contribution in [0, 0.1) is 0 Å². The van der Waals surface area contributed by atoms with Crippen molar-refractivity contribution in [2.45, 2.75) is 0 Å². The van der Waals surface area contributed by atoms with Gasteiger partial charge in [0.1, 0.15) is 0 Å². The van der Waals surface area contributed by atoms with Crippen LogP contribution in [0.25, 0.3) is 5.53 Å². The molecule has 0 heterocycles. The maximum absolute atomic E-state index is 10.7. The van der Waals surface area contributed by atoms with Crippen molar-refractivity contribution in [3.8, 4) is 0 Å². The van der Waals surface area contributed by atoms with Gasteiger partial charge in [-0.05, 0) is 24.3 Å². The van der Waals surface area contributed by atoms with Crippen molar-refractivity contribution >= 4 is 11.6 Å². The van der Waals surface area contributed by atoms with Crippen LogP contribution in [0.3, 0.4) is 0 Å². The standard InChI is InChI=1S/C7H7N3O/c8-6-3-1-5(2-4-6)7(11)10-9/h1-4,10H,8H2. The molecule has 4 nitrogen and oxygen atoms in total. The Balaban J connectivity index is 2.98. The van der Waals surface area contributed by atoms with E-state index in [-0.39, 0.29) is 0 Å². The van der Waals surface area contributed by atoms with Gasteiger partial charge >= 0.3 is 5.91 Å². The van der Waals surface area contributed by atoms with Crippen LogP contribution in [0.4, 0.5) is 5.69 Å². The number of amides is 1. The fourth-order valence-corrected chi connectivity index (χ4v) is 0.699. The van der Waals surface area contributed by atoms with Crippen molar-refractivity contribution < 1.29 is 9.91 Å². The van der Waals surface area contributed by atoms with Gasteiger partial charge in [-0.1, -0.05) is 0 Å². The highest BCUT2D eigenvalue weighted by Crippen LogP contribution is 2.03. The summed E-state index contributed by atoms with van der Waals surface area (Å²) in [7, 11) is 0. The van der Waals surface area contributed by atoms with Crippen LogP contribution in [0.5, 0.6) is 0 Å². The average Bonchev–Trinajstić information content (AvgIpc) is 2.05. The summed E-state index contributed by atoms with van der Waals surface area (Å²) in [6.45, 7) is 0. The van der Waals surface area contributed by atoms with Gasteiger partial charge in [-0.15, -0.1) is 0 Å². The number of hydrogen-bond acceptors (Lipinski definition) is 2. The minimum absolute atomic E-state index is 0.377. The molecule has 0 fully saturated rings. The fourth-order valence-electron chi connectivity index (χ4n) is 0.699. The van der Waals surface area contributed by atoms with Crippen LogP contribution in [-0.2, 0) is 0 Å². The van der Waals surface area contributed by atoms with E-state index in [0.29, 0.717) is 11.3 Å². The molecule has 11 heavy (non-hydrogen) atoms. The fraction of sp³-hybridized carbons (Fsp3) is 0. The van der Waals surface area contributed by atoms with Crippen LogP contribution >= 0.6 is 0 Å². The second-order valence-corrected chi connectivity index (χ2v) is 2.06. The third kappa shape index (κ3) is 1.61. The molecule has 1 amide bonds. The first-order valence-electron chi connectivity index (χ1n) is 3.04. The second kappa shape index (κ2) is 2.92. The third-order valence-corrected chi connectivity index (χ3v) is 1.27. The smallest absolute Gasteiger partial charge is 0.406 e. The monoisotopic (exact) mass is 149 g/mol. The largest absolute Gasteiger partial charge is 0.499 e. The number of carbonyl (C=O) groups excluding carboxylic acids is 1. The Bertz CT molecular complexity index is 278. The minimum Gasteiger partial charge on any atom is -0.499 e. The van der Waals surface area contributed by atoms with Crippen molar-refractivity contribution in [3.05, 3.63) is 35.4 Å². The predicted molar refractivity (Wildman–Crippen MR) is 39.5 cm³/mol. The number of nitrogens with two attached hydrogens (primary N) is 1. The normalized spacial score (nSPS) is 9.09. The van der Waals surface area contributed by atoms with Gasteiger partial charge in [0.25, 0.3) is 0 Å². The summed E-state index contributed by atoms with van der Waals surface area (Å²) >= 11 is 0. The average molecular weight is 149 g/mol. The van der Waals surface area contributed by atoms with E-state index in [0.717, 1.165) is 0 Å². The van der Waals surface area contributed by atoms with Gasteiger partial charge in [-0.3, -0.25) is 5.11 Å². The van der Waals surface area contributed by atoms with Crippen molar-refractivity contribution in [2.24, 2.45) is 0 Å². The van der Waals surface area contributed by atoms with Gasteiger partial charge in [0, 0.05) is 5.69 Å². The Labute approximate surface area is 63.5 Å². The molecule has 56 valence electrons. The first-order valence-corrected chi connectivity index (χ1v) is 3.04. The van der Waals surface area contributed by atoms with Crippen LogP contribution in [0.1, 0.15) is 10.4 Å². The van der Waals surface area contributed by atoms with Gasteiger partial charge in [-0.2, -0.15) is 0 Å². The van der Waals surface area contributed by atoms with Gasteiger partial charge in [0.05, 0.1) is 5.56 Å². The highest BCUT2D eigenvalue weighted by molar-refractivity contribution is 5.86. The SMILES string of the molecule is [N-]=[NH+]C(=O)c1ccc(N)cc1. The van der Waals surface area contributed by atoms with Gasteiger partial charge < -0.3 is 11.3 Å². The summed E-state index contributed by atoms with van der Waals surface area (Å²) in [4.78, 5) is 10.7. The second-order valence-electron chi connectivity index (χ2n) is 2.06. The lowest BCUT2D eigenvalue weighted by Crippen LogP contribution is -2.68.